The van der Waals surface area contributed by atoms with Crippen LogP contribution in [0, 0.1) is 0 Å². The lowest BCUT2D eigenvalue weighted by Gasteiger charge is -2.23. The first kappa shape index (κ1) is 14.0. The Morgan fingerprint density at radius 1 is 1.26 bits per heavy atom. The lowest BCUT2D eigenvalue weighted by molar-refractivity contribution is 0.0542. The molecule has 0 spiro atoms. The molecule has 2 aromatic heterocycles. The molecule has 0 amide bonds. The molecule has 5 heteroatoms. The molecule has 0 aliphatic carbocycles. The van der Waals surface area contributed by atoms with Crippen molar-refractivity contribution in [3.05, 3.63) is 29.2 Å². The molecule has 0 saturated carbocycles. The molecule has 0 aromatic carbocycles. The van der Waals surface area contributed by atoms with Crippen LogP contribution in [0.25, 0.3) is 10.8 Å². The van der Waals surface area contributed by atoms with Gasteiger partial charge in [0.15, 0.2) is 0 Å². The minimum atomic E-state index is -0.958. The van der Waals surface area contributed by atoms with Crippen LogP contribution in [0.2, 0.25) is 5.15 Å². The van der Waals surface area contributed by atoms with E-state index in [0.29, 0.717) is 24.1 Å². The first-order chi connectivity index (χ1) is 8.99. The molecule has 0 saturated heterocycles. The molecule has 2 heterocycles. The predicted molar refractivity (Wildman–Crippen MR) is 75.6 cm³/mol. The third-order valence-electron chi connectivity index (χ3n) is 3.25. The first-order valence-electron chi connectivity index (χ1n) is 6.29. The van der Waals surface area contributed by atoms with Crippen LogP contribution >= 0.6 is 11.6 Å². The summed E-state index contributed by atoms with van der Waals surface area (Å²) in [6, 6.07) is 1.74. The number of hydrogen-bond donors (Lipinski definition) is 1. The van der Waals surface area contributed by atoms with Crippen molar-refractivity contribution in [3.63, 3.8) is 0 Å². The zero-order valence-corrected chi connectivity index (χ0v) is 12.0. The maximum atomic E-state index is 10.5. The van der Waals surface area contributed by atoms with Gasteiger partial charge in [-0.15, -0.1) is 0 Å². The van der Waals surface area contributed by atoms with E-state index in [1.165, 1.54) is 0 Å². The van der Waals surface area contributed by atoms with Gasteiger partial charge in [-0.1, -0.05) is 18.5 Å². The fraction of sp³-hybridized carbons (Fsp3) is 0.429. The third-order valence-corrected chi connectivity index (χ3v) is 3.46. The van der Waals surface area contributed by atoms with Crippen LogP contribution in [-0.2, 0) is 5.60 Å². The average Bonchev–Trinajstić information content (AvgIpc) is 2.38. The van der Waals surface area contributed by atoms with E-state index in [2.05, 4.69) is 9.97 Å². The number of hydrogen-bond acceptors (Lipinski definition) is 4. The van der Waals surface area contributed by atoms with Gasteiger partial charge in [-0.3, -0.25) is 0 Å². The normalized spacial score (nSPS) is 14.4. The molecule has 0 radical (unpaired) electrons. The Morgan fingerprint density at radius 2 is 2.00 bits per heavy atom. The van der Waals surface area contributed by atoms with Crippen LogP contribution in [0.5, 0.6) is 5.88 Å². The monoisotopic (exact) mass is 280 g/mol. The Balaban J connectivity index is 2.74. The summed E-state index contributed by atoms with van der Waals surface area (Å²) >= 11 is 5.96. The van der Waals surface area contributed by atoms with Crippen LogP contribution < -0.4 is 4.74 Å². The van der Waals surface area contributed by atoms with Gasteiger partial charge in [0, 0.05) is 18.0 Å². The maximum absolute atomic E-state index is 10.5. The summed E-state index contributed by atoms with van der Waals surface area (Å²) < 4.78 is 5.48. The second-order valence-corrected chi connectivity index (χ2v) is 4.98. The number of halogens is 1. The van der Waals surface area contributed by atoms with E-state index in [0.717, 1.165) is 16.3 Å². The molecule has 2 rings (SSSR count). The minimum absolute atomic E-state index is 0.384. The molecule has 102 valence electrons. The second-order valence-electron chi connectivity index (χ2n) is 4.59. The first-order valence-corrected chi connectivity index (χ1v) is 6.67. The van der Waals surface area contributed by atoms with Gasteiger partial charge >= 0.3 is 0 Å². The molecule has 0 aliphatic heterocycles. The van der Waals surface area contributed by atoms with E-state index >= 15 is 0 Å². The van der Waals surface area contributed by atoms with E-state index in [9.17, 15) is 5.11 Å². The summed E-state index contributed by atoms with van der Waals surface area (Å²) in [6.45, 7) is 6.10. The molecule has 0 bridgehead atoms. The number of ether oxygens (including phenoxy) is 1. The van der Waals surface area contributed by atoms with Crippen molar-refractivity contribution in [3.8, 4) is 5.88 Å². The van der Waals surface area contributed by atoms with Gasteiger partial charge in [0.1, 0.15) is 5.15 Å². The number of fused-ring (bicyclic) bond motifs is 1. The van der Waals surface area contributed by atoms with E-state index in [1.807, 2.05) is 13.8 Å². The van der Waals surface area contributed by atoms with Crippen LogP contribution in [0.15, 0.2) is 18.5 Å². The third kappa shape index (κ3) is 2.65. The lowest BCUT2D eigenvalue weighted by Crippen LogP contribution is -2.20. The van der Waals surface area contributed by atoms with Gasteiger partial charge in [0.2, 0.25) is 5.88 Å². The fourth-order valence-corrected chi connectivity index (χ4v) is 2.11. The number of pyridine rings is 2. The van der Waals surface area contributed by atoms with Gasteiger partial charge in [-0.2, -0.15) is 0 Å². The number of rotatable bonds is 4. The highest BCUT2D eigenvalue weighted by Gasteiger charge is 2.25. The van der Waals surface area contributed by atoms with E-state index in [-0.39, 0.29) is 0 Å². The van der Waals surface area contributed by atoms with Crippen molar-refractivity contribution in [2.75, 3.05) is 6.61 Å². The standard InChI is InChI=1S/C14H17ClN2O2/c1-4-14(3,18)11-8-17-13(19-5-2)10-7-16-12(15)6-9(10)11/h6-8,18H,4-5H2,1-3H3. The molecule has 1 N–H and O–H groups in total. The zero-order valence-electron chi connectivity index (χ0n) is 11.3. The van der Waals surface area contributed by atoms with Crippen molar-refractivity contribution in [2.45, 2.75) is 32.8 Å². The summed E-state index contributed by atoms with van der Waals surface area (Å²) in [5, 5.41) is 12.4. The highest BCUT2D eigenvalue weighted by atomic mass is 35.5. The molecule has 4 nitrogen and oxygen atoms in total. The Bertz CT molecular complexity index is 599. The van der Waals surface area contributed by atoms with Crippen LogP contribution in [0.1, 0.15) is 32.8 Å². The lowest BCUT2D eigenvalue weighted by atomic mass is 9.91. The maximum Gasteiger partial charge on any atom is 0.222 e. The summed E-state index contributed by atoms with van der Waals surface area (Å²) in [4.78, 5) is 8.34. The highest BCUT2D eigenvalue weighted by molar-refractivity contribution is 6.30. The van der Waals surface area contributed by atoms with Crippen molar-refractivity contribution in [1.29, 1.82) is 0 Å². The van der Waals surface area contributed by atoms with Crippen LogP contribution in [-0.4, -0.2) is 21.7 Å². The molecular formula is C14H17ClN2O2. The van der Waals surface area contributed by atoms with Gasteiger partial charge in [-0.25, -0.2) is 9.97 Å². The Labute approximate surface area is 117 Å². The van der Waals surface area contributed by atoms with Crippen LogP contribution in [0.3, 0.4) is 0 Å². The largest absolute Gasteiger partial charge is 0.477 e. The summed E-state index contributed by atoms with van der Waals surface area (Å²) in [5.74, 6) is 0.511. The van der Waals surface area contributed by atoms with Crippen LogP contribution in [0.4, 0.5) is 0 Å². The fourth-order valence-electron chi connectivity index (χ4n) is 1.96. The molecule has 0 fully saturated rings. The molecule has 1 atom stereocenters. The Hall–Kier alpha value is -1.39. The van der Waals surface area contributed by atoms with Crippen molar-refractivity contribution in [1.82, 2.24) is 9.97 Å². The van der Waals surface area contributed by atoms with E-state index in [4.69, 9.17) is 16.3 Å². The van der Waals surface area contributed by atoms with E-state index in [1.54, 1.807) is 25.4 Å². The topological polar surface area (TPSA) is 55.2 Å². The Morgan fingerprint density at radius 3 is 2.63 bits per heavy atom. The summed E-state index contributed by atoms with van der Waals surface area (Å²) in [5.41, 5.74) is -0.224. The molecule has 0 aliphatic rings. The summed E-state index contributed by atoms with van der Waals surface area (Å²) in [6.07, 6.45) is 3.86. The van der Waals surface area contributed by atoms with Gasteiger partial charge in [0.05, 0.1) is 17.6 Å². The van der Waals surface area contributed by atoms with Crippen molar-refractivity contribution >= 4 is 22.4 Å². The molecule has 1 unspecified atom stereocenters. The second kappa shape index (κ2) is 5.31. The highest BCUT2D eigenvalue weighted by Crippen LogP contribution is 2.34. The van der Waals surface area contributed by atoms with Gasteiger partial charge in [0.25, 0.3) is 0 Å². The molecule has 2 aromatic rings. The minimum Gasteiger partial charge on any atom is -0.477 e. The summed E-state index contributed by atoms with van der Waals surface area (Å²) in [7, 11) is 0. The number of aromatic nitrogens is 2. The molecule has 19 heavy (non-hydrogen) atoms. The predicted octanol–water partition coefficient (Wildman–Crippen LogP) is 3.30. The zero-order chi connectivity index (χ0) is 14.0. The SMILES string of the molecule is CCOc1ncc(C(C)(O)CC)c2cc(Cl)ncc12. The van der Waals surface area contributed by atoms with E-state index < -0.39 is 5.60 Å². The number of aliphatic hydroxyl groups is 1. The van der Waals surface area contributed by atoms with Crippen molar-refractivity contribution < 1.29 is 9.84 Å². The Kier molecular flexibility index (Phi) is 3.92. The van der Waals surface area contributed by atoms with Crippen molar-refractivity contribution in [2.24, 2.45) is 0 Å². The van der Waals surface area contributed by atoms with Gasteiger partial charge in [-0.05, 0) is 31.7 Å². The average molecular weight is 281 g/mol. The quantitative estimate of drug-likeness (QED) is 0.873. The smallest absolute Gasteiger partial charge is 0.222 e. The van der Waals surface area contributed by atoms with Gasteiger partial charge < -0.3 is 9.84 Å². The number of nitrogens with zero attached hydrogens (tertiary/aromatic N) is 2. The molecular weight excluding hydrogens is 264 g/mol.